The van der Waals surface area contributed by atoms with Gasteiger partial charge >= 0.3 is 0 Å². The van der Waals surface area contributed by atoms with Crippen LogP contribution in [0.1, 0.15) is 11.3 Å². The molecule has 84 valence electrons. The molecule has 1 N–H and O–H groups in total. The second-order valence-electron chi connectivity index (χ2n) is 4.56. The summed E-state index contributed by atoms with van der Waals surface area (Å²) in [4.78, 5) is 4.38. The molecule has 0 spiro atoms. The SMILES string of the molecule is COc1cc(C2=C[C@H]3CNC[C@@H]23)cnc1C. The van der Waals surface area contributed by atoms with Crippen molar-refractivity contribution in [3.05, 3.63) is 29.6 Å². The van der Waals surface area contributed by atoms with Gasteiger partial charge < -0.3 is 10.1 Å². The maximum absolute atomic E-state index is 5.31. The molecule has 16 heavy (non-hydrogen) atoms. The summed E-state index contributed by atoms with van der Waals surface area (Å²) in [6.45, 7) is 4.20. The van der Waals surface area contributed by atoms with Gasteiger partial charge in [0.15, 0.2) is 0 Å². The molecule has 3 heteroatoms. The van der Waals surface area contributed by atoms with E-state index in [4.69, 9.17) is 4.74 Å². The van der Waals surface area contributed by atoms with E-state index in [0.717, 1.165) is 30.5 Å². The Balaban J connectivity index is 1.93. The van der Waals surface area contributed by atoms with Gasteiger partial charge in [-0.25, -0.2) is 0 Å². The van der Waals surface area contributed by atoms with E-state index < -0.39 is 0 Å². The summed E-state index contributed by atoms with van der Waals surface area (Å²) in [5.41, 5.74) is 3.60. The minimum Gasteiger partial charge on any atom is -0.495 e. The van der Waals surface area contributed by atoms with Crippen LogP contribution in [0.15, 0.2) is 18.3 Å². The van der Waals surface area contributed by atoms with E-state index in [1.54, 1.807) is 7.11 Å². The summed E-state index contributed by atoms with van der Waals surface area (Å²) in [6.07, 6.45) is 4.31. The molecule has 0 amide bonds. The van der Waals surface area contributed by atoms with Crippen molar-refractivity contribution in [3.63, 3.8) is 0 Å². The van der Waals surface area contributed by atoms with Crippen LogP contribution < -0.4 is 10.1 Å². The van der Waals surface area contributed by atoms with Gasteiger partial charge in [-0.05, 0) is 30.0 Å². The molecule has 1 aliphatic heterocycles. The average Bonchev–Trinajstić information content (AvgIpc) is 2.63. The fourth-order valence-corrected chi connectivity index (χ4v) is 2.64. The smallest absolute Gasteiger partial charge is 0.140 e. The minimum absolute atomic E-state index is 0.689. The lowest BCUT2D eigenvalue weighted by molar-refractivity contribution is 0.409. The van der Waals surface area contributed by atoms with Gasteiger partial charge in [0.05, 0.1) is 12.8 Å². The van der Waals surface area contributed by atoms with Gasteiger partial charge in [0, 0.05) is 25.2 Å². The van der Waals surface area contributed by atoms with Crippen LogP contribution in [0, 0.1) is 18.8 Å². The number of ether oxygens (including phenoxy) is 1. The molecule has 1 saturated heterocycles. The van der Waals surface area contributed by atoms with Crippen molar-refractivity contribution in [1.82, 2.24) is 10.3 Å². The highest BCUT2D eigenvalue weighted by molar-refractivity contribution is 5.74. The standard InChI is InChI=1S/C13H16N2O/c1-8-13(16-2)4-10(6-15-8)11-3-9-5-14-7-12(9)11/h3-4,6,9,12,14H,5,7H2,1-2H3/t9-,12+/m0/s1. The van der Waals surface area contributed by atoms with E-state index in [1.807, 2.05) is 13.1 Å². The second kappa shape index (κ2) is 3.59. The van der Waals surface area contributed by atoms with E-state index in [2.05, 4.69) is 22.4 Å². The fraction of sp³-hybridized carbons (Fsp3) is 0.462. The van der Waals surface area contributed by atoms with Gasteiger partial charge in [-0.3, -0.25) is 4.98 Å². The van der Waals surface area contributed by atoms with E-state index in [9.17, 15) is 0 Å². The quantitative estimate of drug-likeness (QED) is 0.816. The van der Waals surface area contributed by atoms with Crippen molar-refractivity contribution in [2.45, 2.75) is 6.92 Å². The van der Waals surface area contributed by atoms with Crippen LogP contribution in [0.4, 0.5) is 0 Å². The molecule has 3 rings (SSSR count). The van der Waals surface area contributed by atoms with Gasteiger partial charge in [0.1, 0.15) is 5.75 Å². The monoisotopic (exact) mass is 216 g/mol. The highest BCUT2D eigenvalue weighted by Gasteiger charge is 2.36. The first kappa shape index (κ1) is 9.85. The van der Waals surface area contributed by atoms with Crippen molar-refractivity contribution in [2.24, 2.45) is 11.8 Å². The Bertz CT molecular complexity index is 453. The minimum atomic E-state index is 0.689. The zero-order chi connectivity index (χ0) is 11.1. The number of nitrogens with one attached hydrogen (secondary N) is 1. The molecule has 2 heterocycles. The molecular weight excluding hydrogens is 200 g/mol. The van der Waals surface area contributed by atoms with Crippen molar-refractivity contribution >= 4 is 5.57 Å². The fourth-order valence-electron chi connectivity index (χ4n) is 2.64. The van der Waals surface area contributed by atoms with Crippen LogP contribution in [-0.2, 0) is 0 Å². The Labute approximate surface area is 95.5 Å². The summed E-state index contributed by atoms with van der Waals surface area (Å²) in [6, 6.07) is 2.10. The zero-order valence-electron chi connectivity index (χ0n) is 9.66. The lowest BCUT2D eigenvalue weighted by Gasteiger charge is -2.29. The van der Waals surface area contributed by atoms with Gasteiger partial charge in [-0.2, -0.15) is 0 Å². The largest absolute Gasteiger partial charge is 0.495 e. The third-order valence-electron chi connectivity index (χ3n) is 3.65. The predicted octanol–water partition coefficient (Wildman–Crippen LogP) is 1.63. The second-order valence-corrected chi connectivity index (χ2v) is 4.56. The Hall–Kier alpha value is -1.35. The topological polar surface area (TPSA) is 34.1 Å². The third kappa shape index (κ3) is 1.35. The molecule has 0 saturated carbocycles. The van der Waals surface area contributed by atoms with Gasteiger partial charge in [0.25, 0.3) is 0 Å². The number of fused-ring (bicyclic) bond motifs is 1. The third-order valence-corrected chi connectivity index (χ3v) is 3.65. The molecule has 1 aromatic rings. The molecule has 1 aliphatic carbocycles. The van der Waals surface area contributed by atoms with Crippen molar-refractivity contribution in [2.75, 3.05) is 20.2 Å². The molecule has 1 fully saturated rings. The maximum atomic E-state index is 5.31. The number of aromatic nitrogens is 1. The van der Waals surface area contributed by atoms with E-state index in [1.165, 1.54) is 11.1 Å². The van der Waals surface area contributed by atoms with Crippen LogP contribution in [0.5, 0.6) is 5.75 Å². The Morgan fingerprint density at radius 2 is 2.31 bits per heavy atom. The van der Waals surface area contributed by atoms with Crippen LogP contribution in [0.3, 0.4) is 0 Å². The van der Waals surface area contributed by atoms with Crippen LogP contribution in [-0.4, -0.2) is 25.2 Å². The predicted molar refractivity (Wildman–Crippen MR) is 63.4 cm³/mol. The summed E-state index contributed by atoms with van der Waals surface area (Å²) in [7, 11) is 1.70. The molecule has 2 atom stereocenters. The number of pyridine rings is 1. The van der Waals surface area contributed by atoms with E-state index in [-0.39, 0.29) is 0 Å². The highest BCUT2D eigenvalue weighted by atomic mass is 16.5. The first-order valence-electron chi connectivity index (χ1n) is 5.73. The Morgan fingerprint density at radius 1 is 1.44 bits per heavy atom. The van der Waals surface area contributed by atoms with Crippen LogP contribution >= 0.6 is 0 Å². The number of aryl methyl sites for hydroxylation is 1. The summed E-state index contributed by atoms with van der Waals surface area (Å²) >= 11 is 0. The van der Waals surface area contributed by atoms with Crippen molar-refractivity contribution < 1.29 is 4.74 Å². The lowest BCUT2D eigenvalue weighted by Crippen LogP contribution is -2.22. The van der Waals surface area contributed by atoms with Gasteiger partial charge in [0.2, 0.25) is 0 Å². The molecule has 0 bridgehead atoms. The molecule has 2 aliphatic rings. The maximum Gasteiger partial charge on any atom is 0.140 e. The molecule has 0 unspecified atom stereocenters. The number of nitrogens with zero attached hydrogens (tertiary/aromatic N) is 1. The first-order chi connectivity index (χ1) is 7.79. The van der Waals surface area contributed by atoms with Gasteiger partial charge in [-0.15, -0.1) is 0 Å². The van der Waals surface area contributed by atoms with Gasteiger partial charge in [-0.1, -0.05) is 6.08 Å². The number of rotatable bonds is 2. The lowest BCUT2D eigenvalue weighted by atomic mass is 9.74. The average molecular weight is 216 g/mol. The molecular formula is C13H16N2O. The molecule has 3 nitrogen and oxygen atoms in total. The normalized spacial score (nSPS) is 27.0. The highest BCUT2D eigenvalue weighted by Crippen LogP contribution is 2.42. The van der Waals surface area contributed by atoms with Crippen molar-refractivity contribution in [3.8, 4) is 5.75 Å². The summed E-state index contributed by atoms with van der Waals surface area (Å²) in [5.74, 6) is 2.31. The summed E-state index contributed by atoms with van der Waals surface area (Å²) in [5, 5.41) is 3.42. The van der Waals surface area contributed by atoms with E-state index >= 15 is 0 Å². The zero-order valence-corrected chi connectivity index (χ0v) is 9.66. The Morgan fingerprint density at radius 3 is 3.06 bits per heavy atom. The summed E-state index contributed by atoms with van der Waals surface area (Å²) < 4.78 is 5.31. The van der Waals surface area contributed by atoms with Crippen molar-refractivity contribution in [1.29, 1.82) is 0 Å². The van der Waals surface area contributed by atoms with E-state index in [0.29, 0.717) is 5.92 Å². The Kier molecular flexibility index (Phi) is 2.21. The van der Waals surface area contributed by atoms with Crippen LogP contribution in [0.2, 0.25) is 0 Å². The number of hydrogen-bond donors (Lipinski definition) is 1. The molecule has 0 aromatic carbocycles. The number of hydrogen-bond acceptors (Lipinski definition) is 3. The first-order valence-corrected chi connectivity index (χ1v) is 5.73. The number of methoxy groups -OCH3 is 1. The van der Waals surface area contributed by atoms with Crippen LogP contribution in [0.25, 0.3) is 5.57 Å². The molecule has 1 aromatic heterocycles. The molecule has 0 radical (unpaired) electrons.